The number of nitrogens with one attached hydrogen (secondary N) is 1. The lowest BCUT2D eigenvalue weighted by molar-refractivity contribution is 0.395. The minimum Gasteiger partial charge on any atom is -0.497 e. The van der Waals surface area contributed by atoms with Crippen molar-refractivity contribution in [3.63, 3.8) is 0 Å². The third-order valence-electron chi connectivity index (χ3n) is 4.71. The molecule has 0 fully saturated rings. The maximum atomic E-state index is 5.54. The second kappa shape index (κ2) is 8.49. The fourth-order valence-electron chi connectivity index (χ4n) is 3.17. The SMILES string of the molecule is CCc1cc2c(Nc3ccc(OC)cc3OC)nc(Cc3ccccc3)nc2s1. The molecule has 0 bridgehead atoms. The van der Waals surface area contributed by atoms with Gasteiger partial charge < -0.3 is 14.8 Å². The number of aromatic nitrogens is 2. The number of methoxy groups -OCH3 is 2. The molecule has 0 aliphatic heterocycles. The first-order chi connectivity index (χ1) is 14.2. The zero-order valence-corrected chi connectivity index (χ0v) is 17.5. The van der Waals surface area contributed by atoms with Crippen LogP contribution in [-0.2, 0) is 12.8 Å². The number of nitrogens with zero attached hydrogens (tertiary/aromatic N) is 2. The van der Waals surface area contributed by atoms with Gasteiger partial charge in [0.15, 0.2) is 0 Å². The van der Waals surface area contributed by atoms with Gasteiger partial charge in [-0.2, -0.15) is 0 Å². The first-order valence-corrected chi connectivity index (χ1v) is 10.3. The summed E-state index contributed by atoms with van der Waals surface area (Å²) >= 11 is 1.72. The lowest BCUT2D eigenvalue weighted by atomic mass is 10.1. The van der Waals surface area contributed by atoms with Gasteiger partial charge in [0.2, 0.25) is 0 Å². The van der Waals surface area contributed by atoms with E-state index in [2.05, 4.69) is 30.4 Å². The van der Waals surface area contributed by atoms with Gasteiger partial charge >= 0.3 is 0 Å². The molecule has 1 N–H and O–H groups in total. The van der Waals surface area contributed by atoms with E-state index in [-0.39, 0.29) is 0 Å². The van der Waals surface area contributed by atoms with Crippen LogP contribution >= 0.6 is 11.3 Å². The van der Waals surface area contributed by atoms with Crippen LogP contribution in [0.4, 0.5) is 11.5 Å². The van der Waals surface area contributed by atoms with Gasteiger partial charge in [-0.15, -0.1) is 11.3 Å². The highest BCUT2D eigenvalue weighted by atomic mass is 32.1. The Bertz CT molecular complexity index is 1130. The molecule has 6 heteroatoms. The Kier molecular flexibility index (Phi) is 5.62. The normalized spacial score (nSPS) is 10.9. The molecular formula is C23H23N3O2S. The smallest absolute Gasteiger partial charge is 0.146 e. The molecule has 0 aliphatic carbocycles. The summed E-state index contributed by atoms with van der Waals surface area (Å²) in [5.74, 6) is 3.03. The first-order valence-electron chi connectivity index (χ1n) is 9.52. The second-order valence-electron chi connectivity index (χ2n) is 6.63. The summed E-state index contributed by atoms with van der Waals surface area (Å²) in [6.07, 6.45) is 1.66. The van der Waals surface area contributed by atoms with Crippen molar-refractivity contribution in [1.29, 1.82) is 0 Å². The summed E-state index contributed by atoms with van der Waals surface area (Å²) in [4.78, 5) is 12.0. The van der Waals surface area contributed by atoms with Crippen LogP contribution in [0.2, 0.25) is 0 Å². The maximum Gasteiger partial charge on any atom is 0.146 e. The Balaban J connectivity index is 1.76. The van der Waals surface area contributed by atoms with E-state index in [0.29, 0.717) is 12.2 Å². The molecule has 2 aromatic heterocycles. The number of aryl methyl sites for hydroxylation is 1. The summed E-state index contributed by atoms with van der Waals surface area (Å²) in [6, 6.07) is 18.2. The molecule has 5 nitrogen and oxygen atoms in total. The van der Waals surface area contributed by atoms with Crippen molar-refractivity contribution < 1.29 is 9.47 Å². The van der Waals surface area contributed by atoms with Crippen molar-refractivity contribution in [3.8, 4) is 11.5 Å². The lowest BCUT2D eigenvalue weighted by Gasteiger charge is -2.13. The second-order valence-corrected chi connectivity index (χ2v) is 7.74. The lowest BCUT2D eigenvalue weighted by Crippen LogP contribution is -2.03. The number of hydrogen-bond donors (Lipinski definition) is 1. The van der Waals surface area contributed by atoms with Gasteiger partial charge in [-0.05, 0) is 30.2 Å². The average molecular weight is 406 g/mol. The molecule has 2 heterocycles. The van der Waals surface area contributed by atoms with Crippen LogP contribution in [0.5, 0.6) is 11.5 Å². The maximum absolute atomic E-state index is 5.54. The van der Waals surface area contributed by atoms with E-state index in [0.717, 1.165) is 39.7 Å². The molecule has 0 atom stereocenters. The number of rotatable bonds is 7. The van der Waals surface area contributed by atoms with Crippen LogP contribution in [0.25, 0.3) is 10.2 Å². The van der Waals surface area contributed by atoms with Gasteiger partial charge in [-0.1, -0.05) is 37.3 Å². The fourth-order valence-corrected chi connectivity index (χ4v) is 4.16. The minimum absolute atomic E-state index is 0.685. The summed E-state index contributed by atoms with van der Waals surface area (Å²) in [5, 5.41) is 4.49. The van der Waals surface area contributed by atoms with Gasteiger partial charge in [0.1, 0.15) is 28.0 Å². The van der Waals surface area contributed by atoms with Crippen LogP contribution in [0.15, 0.2) is 54.6 Å². The van der Waals surface area contributed by atoms with Gasteiger partial charge in [-0.25, -0.2) is 9.97 Å². The first kappa shape index (κ1) is 19.2. The Hall–Kier alpha value is -3.12. The van der Waals surface area contributed by atoms with Crippen molar-refractivity contribution >= 4 is 33.1 Å². The summed E-state index contributed by atoms with van der Waals surface area (Å²) in [7, 11) is 3.29. The Morgan fingerprint density at radius 2 is 1.79 bits per heavy atom. The molecule has 0 spiro atoms. The van der Waals surface area contributed by atoms with E-state index in [1.165, 1.54) is 10.4 Å². The van der Waals surface area contributed by atoms with Crippen molar-refractivity contribution in [2.24, 2.45) is 0 Å². The zero-order valence-electron chi connectivity index (χ0n) is 16.7. The average Bonchev–Trinajstić information content (AvgIpc) is 3.18. The molecule has 0 radical (unpaired) electrons. The molecule has 2 aromatic carbocycles. The number of thiophene rings is 1. The molecule has 29 heavy (non-hydrogen) atoms. The van der Waals surface area contributed by atoms with Crippen LogP contribution in [0, 0.1) is 0 Å². The van der Waals surface area contributed by atoms with E-state index in [1.807, 2.05) is 36.4 Å². The van der Waals surface area contributed by atoms with Crippen molar-refractivity contribution in [2.75, 3.05) is 19.5 Å². The fraction of sp³-hybridized carbons (Fsp3) is 0.217. The molecule has 148 valence electrons. The number of hydrogen-bond acceptors (Lipinski definition) is 6. The molecule has 0 amide bonds. The monoisotopic (exact) mass is 405 g/mol. The highest BCUT2D eigenvalue weighted by molar-refractivity contribution is 7.18. The molecule has 0 aliphatic rings. The van der Waals surface area contributed by atoms with Gasteiger partial charge in [0.25, 0.3) is 0 Å². The van der Waals surface area contributed by atoms with Crippen molar-refractivity contribution in [3.05, 3.63) is 70.9 Å². The quantitative estimate of drug-likeness (QED) is 0.433. The van der Waals surface area contributed by atoms with E-state index < -0.39 is 0 Å². The molecule has 4 aromatic rings. The third kappa shape index (κ3) is 4.17. The van der Waals surface area contributed by atoms with E-state index >= 15 is 0 Å². The number of ether oxygens (including phenoxy) is 2. The molecule has 0 unspecified atom stereocenters. The Morgan fingerprint density at radius 3 is 2.52 bits per heavy atom. The molecule has 0 saturated heterocycles. The topological polar surface area (TPSA) is 56.3 Å². The van der Waals surface area contributed by atoms with E-state index in [1.54, 1.807) is 25.6 Å². The predicted molar refractivity (Wildman–Crippen MR) is 119 cm³/mol. The largest absolute Gasteiger partial charge is 0.497 e. The van der Waals surface area contributed by atoms with Gasteiger partial charge in [0, 0.05) is 17.4 Å². The Morgan fingerprint density at radius 1 is 0.966 bits per heavy atom. The third-order valence-corrected chi connectivity index (χ3v) is 5.88. The van der Waals surface area contributed by atoms with Crippen LogP contribution < -0.4 is 14.8 Å². The Labute approximate surface area is 174 Å². The van der Waals surface area contributed by atoms with Crippen molar-refractivity contribution in [2.45, 2.75) is 19.8 Å². The summed E-state index contributed by atoms with van der Waals surface area (Å²) < 4.78 is 10.8. The number of fused-ring (bicyclic) bond motifs is 1. The van der Waals surface area contributed by atoms with Gasteiger partial charge in [0.05, 0.1) is 25.3 Å². The van der Waals surface area contributed by atoms with Crippen molar-refractivity contribution in [1.82, 2.24) is 9.97 Å². The minimum atomic E-state index is 0.685. The van der Waals surface area contributed by atoms with E-state index in [9.17, 15) is 0 Å². The summed E-state index contributed by atoms with van der Waals surface area (Å²) in [5.41, 5.74) is 2.02. The van der Waals surface area contributed by atoms with Crippen LogP contribution in [0.3, 0.4) is 0 Å². The highest BCUT2D eigenvalue weighted by Crippen LogP contribution is 2.35. The molecule has 4 rings (SSSR count). The number of benzene rings is 2. The molecule has 0 saturated carbocycles. The summed E-state index contributed by atoms with van der Waals surface area (Å²) in [6.45, 7) is 2.16. The molecular weight excluding hydrogens is 382 g/mol. The van der Waals surface area contributed by atoms with Gasteiger partial charge in [-0.3, -0.25) is 0 Å². The van der Waals surface area contributed by atoms with Crippen LogP contribution in [0.1, 0.15) is 23.2 Å². The van der Waals surface area contributed by atoms with E-state index in [4.69, 9.17) is 19.4 Å². The standard InChI is InChI=1S/C23H23N3O2S/c1-4-17-14-18-22(24-19-11-10-16(27-2)13-20(19)28-3)25-21(26-23(18)29-17)12-15-8-6-5-7-9-15/h5-11,13-14H,4,12H2,1-3H3,(H,24,25,26). The number of anilines is 2. The van der Waals surface area contributed by atoms with Crippen LogP contribution in [-0.4, -0.2) is 24.2 Å². The highest BCUT2D eigenvalue weighted by Gasteiger charge is 2.14. The zero-order chi connectivity index (χ0) is 20.2. The predicted octanol–water partition coefficient (Wildman–Crippen LogP) is 5.61.